The van der Waals surface area contributed by atoms with E-state index in [2.05, 4.69) is 29.7 Å². The fourth-order valence-electron chi connectivity index (χ4n) is 3.61. The van der Waals surface area contributed by atoms with E-state index in [9.17, 15) is 0 Å². The second kappa shape index (κ2) is 5.84. The van der Waals surface area contributed by atoms with Crippen LogP contribution in [0.4, 0.5) is 0 Å². The van der Waals surface area contributed by atoms with Crippen molar-refractivity contribution in [1.29, 1.82) is 0 Å². The van der Waals surface area contributed by atoms with E-state index in [1.165, 1.54) is 36.8 Å². The number of hydrazine groups is 1. The van der Waals surface area contributed by atoms with Gasteiger partial charge in [-0.25, -0.2) is 0 Å². The lowest BCUT2D eigenvalue weighted by Crippen LogP contribution is -2.44. The lowest BCUT2D eigenvalue weighted by Gasteiger charge is -2.43. The molecule has 0 bridgehead atoms. The van der Waals surface area contributed by atoms with Crippen LogP contribution >= 0.6 is 0 Å². The van der Waals surface area contributed by atoms with Crippen molar-refractivity contribution in [1.82, 2.24) is 5.43 Å². The third-order valence-electron chi connectivity index (χ3n) is 5.39. The van der Waals surface area contributed by atoms with Crippen LogP contribution < -0.4 is 11.3 Å². The summed E-state index contributed by atoms with van der Waals surface area (Å²) in [7, 11) is 1.84. The van der Waals surface area contributed by atoms with Crippen LogP contribution in [0.3, 0.4) is 0 Å². The summed E-state index contributed by atoms with van der Waals surface area (Å²) in [4.78, 5) is 0. The van der Waals surface area contributed by atoms with Gasteiger partial charge in [0.2, 0.25) is 0 Å². The van der Waals surface area contributed by atoms with Crippen LogP contribution in [0.1, 0.15) is 68.0 Å². The summed E-state index contributed by atoms with van der Waals surface area (Å²) in [6, 6.07) is 9.00. The predicted molar refractivity (Wildman–Crippen MR) is 81.3 cm³/mol. The number of hydrogen-bond donors (Lipinski definition) is 2. The van der Waals surface area contributed by atoms with Gasteiger partial charge in [0.15, 0.2) is 0 Å². The molecule has 0 aliphatic heterocycles. The standard InChI is InChI=1S/C17H26N2O/c1-20-17(10-5-11-17)12-16(19-18)15-9-3-2-8-14(15)13-6-4-7-13/h2-3,8-9,13,16,19H,4-7,10-12,18H2,1H3. The van der Waals surface area contributed by atoms with Crippen molar-refractivity contribution >= 4 is 0 Å². The van der Waals surface area contributed by atoms with E-state index in [0.717, 1.165) is 25.2 Å². The summed E-state index contributed by atoms with van der Waals surface area (Å²) < 4.78 is 5.77. The van der Waals surface area contributed by atoms with Crippen molar-refractivity contribution < 1.29 is 4.74 Å². The molecule has 0 amide bonds. The Hall–Kier alpha value is -0.900. The summed E-state index contributed by atoms with van der Waals surface area (Å²) in [5, 5.41) is 0. The predicted octanol–water partition coefficient (Wildman–Crippen LogP) is 3.42. The van der Waals surface area contributed by atoms with Gasteiger partial charge in [-0.2, -0.15) is 0 Å². The van der Waals surface area contributed by atoms with Crippen molar-refractivity contribution in [3.63, 3.8) is 0 Å². The Kier molecular flexibility index (Phi) is 4.11. The third-order valence-corrected chi connectivity index (χ3v) is 5.39. The molecule has 0 radical (unpaired) electrons. The van der Waals surface area contributed by atoms with Crippen molar-refractivity contribution in [3.05, 3.63) is 35.4 Å². The monoisotopic (exact) mass is 274 g/mol. The average Bonchev–Trinajstić information content (AvgIpc) is 2.38. The number of rotatable bonds is 6. The molecule has 2 saturated carbocycles. The van der Waals surface area contributed by atoms with E-state index >= 15 is 0 Å². The Morgan fingerprint density at radius 2 is 2.05 bits per heavy atom. The van der Waals surface area contributed by atoms with E-state index in [-0.39, 0.29) is 11.6 Å². The highest BCUT2D eigenvalue weighted by atomic mass is 16.5. The van der Waals surface area contributed by atoms with Gasteiger partial charge < -0.3 is 4.74 Å². The normalized spacial score (nSPS) is 22.9. The first-order valence-electron chi connectivity index (χ1n) is 7.88. The molecule has 2 fully saturated rings. The maximum absolute atomic E-state index is 5.87. The molecule has 2 aliphatic rings. The topological polar surface area (TPSA) is 47.3 Å². The van der Waals surface area contributed by atoms with Crippen molar-refractivity contribution in [2.24, 2.45) is 5.84 Å². The van der Waals surface area contributed by atoms with Crippen molar-refractivity contribution in [3.8, 4) is 0 Å². The second-order valence-electron chi connectivity index (χ2n) is 6.42. The Labute approximate surface area is 121 Å². The van der Waals surface area contributed by atoms with Crippen LogP contribution in [0.2, 0.25) is 0 Å². The van der Waals surface area contributed by atoms with Crippen LogP contribution in [0.15, 0.2) is 24.3 Å². The second-order valence-corrected chi connectivity index (χ2v) is 6.42. The fourth-order valence-corrected chi connectivity index (χ4v) is 3.61. The summed E-state index contributed by atoms with van der Waals surface area (Å²) >= 11 is 0. The van der Waals surface area contributed by atoms with Crippen molar-refractivity contribution in [2.75, 3.05) is 7.11 Å². The first-order valence-corrected chi connectivity index (χ1v) is 7.88. The van der Waals surface area contributed by atoms with Gasteiger partial charge in [-0.05, 0) is 55.6 Å². The highest BCUT2D eigenvalue weighted by Crippen LogP contribution is 2.44. The smallest absolute Gasteiger partial charge is 0.0697 e. The van der Waals surface area contributed by atoms with Gasteiger partial charge in [-0.1, -0.05) is 30.7 Å². The van der Waals surface area contributed by atoms with Crippen LogP contribution in [-0.2, 0) is 4.74 Å². The minimum absolute atomic E-state index is 0.0454. The largest absolute Gasteiger partial charge is 0.378 e. The zero-order valence-corrected chi connectivity index (χ0v) is 12.4. The molecule has 1 aromatic carbocycles. The van der Waals surface area contributed by atoms with E-state index in [4.69, 9.17) is 10.6 Å². The minimum Gasteiger partial charge on any atom is -0.378 e. The Morgan fingerprint density at radius 1 is 1.30 bits per heavy atom. The van der Waals surface area contributed by atoms with Crippen LogP contribution in [-0.4, -0.2) is 12.7 Å². The molecule has 3 heteroatoms. The van der Waals surface area contributed by atoms with Crippen LogP contribution in [0.25, 0.3) is 0 Å². The first-order chi connectivity index (χ1) is 9.78. The van der Waals surface area contributed by atoms with Gasteiger partial charge in [-0.3, -0.25) is 11.3 Å². The highest BCUT2D eigenvalue weighted by molar-refractivity contribution is 5.34. The summed E-state index contributed by atoms with van der Waals surface area (Å²) in [5.41, 5.74) is 5.96. The van der Waals surface area contributed by atoms with Gasteiger partial charge >= 0.3 is 0 Å². The molecule has 0 spiro atoms. The molecule has 0 aromatic heterocycles. The Bertz CT molecular complexity index is 447. The maximum atomic E-state index is 5.87. The van der Waals surface area contributed by atoms with Gasteiger partial charge in [0.1, 0.15) is 0 Å². The fraction of sp³-hybridized carbons (Fsp3) is 0.647. The molecular weight excluding hydrogens is 248 g/mol. The minimum atomic E-state index is 0.0454. The molecule has 0 saturated heterocycles. The molecule has 1 atom stereocenters. The number of benzene rings is 1. The quantitative estimate of drug-likeness (QED) is 0.617. The number of methoxy groups -OCH3 is 1. The Morgan fingerprint density at radius 3 is 2.55 bits per heavy atom. The van der Waals surface area contributed by atoms with Gasteiger partial charge in [0.25, 0.3) is 0 Å². The van der Waals surface area contributed by atoms with Gasteiger partial charge in [0.05, 0.1) is 5.60 Å². The molecule has 3 rings (SSSR count). The summed E-state index contributed by atoms with van der Waals surface area (Å²) in [6.07, 6.45) is 8.58. The number of nitrogens with one attached hydrogen (secondary N) is 1. The van der Waals surface area contributed by atoms with E-state index in [1.54, 1.807) is 0 Å². The molecule has 0 heterocycles. The third kappa shape index (κ3) is 2.50. The van der Waals surface area contributed by atoms with Gasteiger partial charge in [0, 0.05) is 13.2 Å². The van der Waals surface area contributed by atoms with Crippen LogP contribution in [0.5, 0.6) is 0 Å². The molecule has 3 N–H and O–H groups in total. The van der Waals surface area contributed by atoms with E-state index in [0.29, 0.717) is 0 Å². The number of nitrogens with two attached hydrogens (primary N) is 1. The summed E-state index contributed by atoms with van der Waals surface area (Å²) in [6.45, 7) is 0. The molecule has 1 aromatic rings. The Balaban J connectivity index is 1.81. The molecule has 110 valence electrons. The van der Waals surface area contributed by atoms with E-state index < -0.39 is 0 Å². The SMILES string of the molecule is COC1(CC(NN)c2ccccc2C2CCC2)CCC1. The number of hydrogen-bond acceptors (Lipinski definition) is 3. The van der Waals surface area contributed by atoms with Crippen molar-refractivity contribution in [2.45, 2.75) is 62.5 Å². The summed E-state index contributed by atoms with van der Waals surface area (Å²) in [5.74, 6) is 6.61. The lowest BCUT2D eigenvalue weighted by molar-refractivity contribution is -0.0839. The number of ether oxygens (including phenoxy) is 1. The zero-order valence-electron chi connectivity index (χ0n) is 12.4. The maximum Gasteiger partial charge on any atom is 0.0697 e. The van der Waals surface area contributed by atoms with Gasteiger partial charge in [-0.15, -0.1) is 0 Å². The zero-order chi connectivity index (χ0) is 14.0. The van der Waals surface area contributed by atoms with E-state index in [1.807, 2.05) is 7.11 Å². The van der Waals surface area contributed by atoms with Crippen LogP contribution in [0, 0.1) is 0 Å². The average molecular weight is 274 g/mol. The lowest BCUT2D eigenvalue weighted by atomic mass is 9.72. The molecule has 1 unspecified atom stereocenters. The molecule has 2 aliphatic carbocycles. The molecule has 20 heavy (non-hydrogen) atoms. The molecular formula is C17H26N2O. The highest BCUT2D eigenvalue weighted by Gasteiger charge is 2.39. The molecule has 3 nitrogen and oxygen atoms in total. The first kappa shape index (κ1) is 14.1.